The summed E-state index contributed by atoms with van der Waals surface area (Å²) in [6.07, 6.45) is 1.64. The Morgan fingerprint density at radius 1 is 1.28 bits per heavy atom. The van der Waals surface area contributed by atoms with Crippen molar-refractivity contribution in [2.75, 3.05) is 23.3 Å². The number of fused-ring (bicyclic) bond motifs is 1. The molecule has 1 aliphatic heterocycles. The van der Waals surface area contributed by atoms with Crippen molar-refractivity contribution in [3.63, 3.8) is 0 Å². The van der Waals surface area contributed by atoms with Crippen LogP contribution in [-0.4, -0.2) is 37.0 Å². The number of esters is 1. The molecule has 7 nitrogen and oxygen atoms in total. The number of primary amides is 1. The lowest BCUT2D eigenvalue weighted by Gasteiger charge is -2.30. The molecule has 1 aromatic heterocycles. The van der Waals surface area contributed by atoms with Crippen LogP contribution in [0.3, 0.4) is 0 Å². The summed E-state index contributed by atoms with van der Waals surface area (Å²) in [5.74, 6) is -1.49. The molecule has 0 radical (unpaired) electrons. The highest BCUT2D eigenvalue weighted by Crippen LogP contribution is 2.34. The molecule has 2 aromatic rings. The van der Waals surface area contributed by atoms with E-state index >= 15 is 0 Å². The van der Waals surface area contributed by atoms with Crippen molar-refractivity contribution in [1.29, 1.82) is 0 Å². The van der Waals surface area contributed by atoms with Crippen molar-refractivity contribution in [3.05, 3.63) is 45.8 Å². The van der Waals surface area contributed by atoms with E-state index in [2.05, 4.69) is 11.4 Å². The molecule has 3 rings (SSSR count). The third-order valence-corrected chi connectivity index (χ3v) is 5.93. The topological polar surface area (TPSA) is 102 Å². The number of amides is 2. The van der Waals surface area contributed by atoms with Gasteiger partial charge < -0.3 is 20.7 Å². The molecule has 0 bridgehead atoms. The summed E-state index contributed by atoms with van der Waals surface area (Å²) in [4.78, 5) is 39.3. The van der Waals surface area contributed by atoms with E-state index in [0.717, 1.165) is 36.4 Å². The average Bonchev–Trinajstić information content (AvgIpc) is 2.97. The Morgan fingerprint density at radius 3 is 2.69 bits per heavy atom. The maximum absolute atomic E-state index is 12.8. The van der Waals surface area contributed by atoms with Crippen LogP contribution in [0.2, 0.25) is 0 Å². The number of nitrogens with one attached hydrogen (secondary N) is 1. The van der Waals surface area contributed by atoms with E-state index in [1.165, 1.54) is 5.56 Å². The van der Waals surface area contributed by atoms with Gasteiger partial charge in [-0.1, -0.05) is 18.2 Å². The second kappa shape index (κ2) is 8.65. The van der Waals surface area contributed by atoms with Gasteiger partial charge in [-0.15, -0.1) is 11.3 Å². The normalized spacial score (nSPS) is 13.2. The fourth-order valence-corrected chi connectivity index (χ4v) is 4.53. The van der Waals surface area contributed by atoms with Crippen LogP contribution in [0.5, 0.6) is 0 Å². The fourth-order valence-electron chi connectivity index (χ4n) is 3.47. The number of benzene rings is 1. The summed E-state index contributed by atoms with van der Waals surface area (Å²) >= 11 is 1.000. The van der Waals surface area contributed by atoms with Crippen LogP contribution in [0.15, 0.2) is 24.3 Å². The second-order valence-corrected chi connectivity index (χ2v) is 8.30. The minimum absolute atomic E-state index is 0.151. The molecule has 0 fully saturated rings. The van der Waals surface area contributed by atoms with E-state index < -0.39 is 11.9 Å². The third-order valence-electron chi connectivity index (χ3n) is 4.71. The number of nitrogens with two attached hydrogens (primary N) is 1. The van der Waals surface area contributed by atoms with Crippen molar-refractivity contribution in [2.24, 2.45) is 5.73 Å². The standard InChI is InChI=1S/C21H25N3O4S/c1-12(2)28-21(27)17-13(3)18(19(22)26)29-20(17)23-16(25)11-24-10-6-8-14-7-4-5-9-15(14)24/h4-5,7,9,12H,6,8,10-11H2,1-3H3,(H2,22,26)(H,23,25). The molecule has 0 saturated heterocycles. The van der Waals surface area contributed by atoms with E-state index in [0.29, 0.717) is 5.56 Å². The minimum atomic E-state index is -0.642. The van der Waals surface area contributed by atoms with E-state index in [1.807, 2.05) is 23.1 Å². The summed E-state index contributed by atoms with van der Waals surface area (Å²) in [5.41, 5.74) is 8.31. The van der Waals surface area contributed by atoms with Crippen molar-refractivity contribution < 1.29 is 19.1 Å². The number of carbonyl (C=O) groups excluding carboxylic acids is 3. The number of para-hydroxylation sites is 1. The number of rotatable bonds is 6. The summed E-state index contributed by atoms with van der Waals surface area (Å²) in [6.45, 7) is 6.03. The third kappa shape index (κ3) is 4.59. The van der Waals surface area contributed by atoms with Crippen LogP contribution in [0, 0.1) is 6.92 Å². The van der Waals surface area contributed by atoms with Crippen LogP contribution < -0.4 is 16.0 Å². The molecule has 0 spiro atoms. The largest absolute Gasteiger partial charge is 0.459 e. The number of aryl methyl sites for hydroxylation is 1. The lowest BCUT2D eigenvalue weighted by atomic mass is 10.0. The molecule has 3 N–H and O–H groups in total. The summed E-state index contributed by atoms with van der Waals surface area (Å²) < 4.78 is 5.28. The number of anilines is 2. The van der Waals surface area contributed by atoms with Gasteiger partial charge in [0.2, 0.25) is 5.91 Å². The van der Waals surface area contributed by atoms with E-state index in [1.54, 1.807) is 20.8 Å². The Bertz CT molecular complexity index is 951. The molecular formula is C21H25N3O4S. The maximum Gasteiger partial charge on any atom is 0.341 e. The predicted molar refractivity (Wildman–Crippen MR) is 114 cm³/mol. The highest BCUT2D eigenvalue weighted by atomic mass is 32.1. The number of thiophene rings is 1. The first-order chi connectivity index (χ1) is 13.8. The second-order valence-electron chi connectivity index (χ2n) is 7.28. The molecule has 2 heterocycles. The lowest BCUT2D eigenvalue weighted by molar-refractivity contribution is -0.115. The average molecular weight is 416 g/mol. The Labute approximate surface area is 173 Å². The highest BCUT2D eigenvalue weighted by Gasteiger charge is 2.27. The Hall–Kier alpha value is -2.87. The monoisotopic (exact) mass is 415 g/mol. The molecular weight excluding hydrogens is 390 g/mol. The summed E-state index contributed by atoms with van der Waals surface area (Å²) in [5, 5.41) is 3.08. The Kier molecular flexibility index (Phi) is 6.22. The van der Waals surface area contributed by atoms with Crippen LogP contribution in [0.4, 0.5) is 10.7 Å². The summed E-state index contributed by atoms with van der Waals surface area (Å²) in [7, 11) is 0. The number of hydrogen-bond donors (Lipinski definition) is 2. The fraction of sp³-hybridized carbons (Fsp3) is 0.381. The molecule has 8 heteroatoms. The van der Waals surface area contributed by atoms with Gasteiger partial charge in [0.25, 0.3) is 5.91 Å². The van der Waals surface area contributed by atoms with Crippen molar-refractivity contribution in [2.45, 2.75) is 39.7 Å². The maximum atomic E-state index is 12.8. The molecule has 29 heavy (non-hydrogen) atoms. The first-order valence-corrected chi connectivity index (χ1v) is 10.4. The van der Waals surface area contributed by atoms with Crippen LogP contribution in [-0.2, 0) is 16.0 Å². The molecule has 0 atom stereocenters. The smallest absolute Gasteiger partial charge is 0.341 e. The lowest BCUT2D eigenvalue weighted by Crippen LogP contribution is -2.36. The number of carbonyl (C=O) groups is 3. The van der Waals surface area contributed by atoms with Gasteiger partial charge >= 0.3 is 5.97 Å². The molecule has 0 saturated carbocycles. The van der Waals surface area contributed by atoms with Gasteiger partial charge in [0.1, 0.15) is 5.00 Å². The van der Waals surface area contributed by atoms with Gasteiger partial charge in [-0.25, -0.2) is 4.79 Å². The zero-order valence-corrected chi connectivity index (χ0v) is 17.6. The van der Waals surface area contributed by atoms with Crippen LogP contribution >= 0.6 is 11.3 Å². The first kappa shape index (κ1) is 20.9. The number of nitrogens with zero attached hydrogens (tertiary/aromatic N) is 1. The zero-order valence-electron chi connectivity index (χ0n) is 16.8. The first-order valence-electron chi connectivity index (χ1n) is 9.54. The van der Waals surface area contributed by atoms with Gasteiger partial charge in [-0.05, 0) is 50.8 Å². The Morgan fingerprint density at radius 2 is 2.00 bits per heavy atom. The van der Waals surface area contributed by atoms with Gasteiger partial charge in [0.05, 0.1) is 23.1 Å². The van der Waals surface area contributed by atoms with Gasteiger partial charge in [-0.2, -0.15) is 0 Å². The van der Waals surface area contributed by atoms with Crippen molar-refractivity contribution in [1.82, 2.24) is 0 Å². The minimum Gasteiger partial charge on any atom is -0.459 e. The molecule has 154 valence electrons. The number of hydrogen-bond acceptors (Lipinski definition) is 6. The predicted octanol–water partition coefficient (Wildman–Crippen LogP) is 3.11. The van der Waals surface area contributed by atoms with Crippen molar-refractivity contribution in [3.8, 4) is 0 Å². The van der Waals surface area contributed by atoms with Gasteiger partial charge in [0.15, 0.2) is 0 Å². The van der Waals surface area contributed by atoms with E-state index in [9.17, 15) is 14.4 Å². The Balaban J connectivity index is 1.82. The summed E-state index contributed by atoms with van der Waals surface area (Å²) in [6, 6.07) is 8.03. The zero-order chi connectivity index (χ0) is 21.1. The van der Waals surface area contributed by atoms with E-state index in [-0.39, 0.29) is 34.0 Å². The van der Waals surface area contributed by atoms with Gasteiger partial charge in [-0.3, -0.25) is 9.59 Å². The molecule has 0 aliphatic carbocycles. The highest BCUT2D eigenvalue weighted by molar-refractivity contribution is 7.18. The van der Waals surface area contributed by atoms with Crippen molar-refractivity contribution >= 4 is 39.8 Å². The molecule has 2 amide bonds. The SMILES string of the molecule is Cc1c(C(N)=O)sc(NC(=O)CN2CCCc3ccccc32)c1C(=O)OC(C)C. The van der Waals surface area contributed by atoms with Gasteiger partial charge in [0, 0.05) is 12.2 Å². The molecule has 1 aliphatic rings. The molecule has 0 unspecified atom stereocenters. The molecule has 1 aromatic carbocycles. The number of ether oxygens (including phenoxy) is 1. The van der Waals surface area contributed by atoms with Crippen LogP contribution in [0.25, 0.3) is 0 Å². The quantitative estimate of drug-likeness (QED) is 0.706. The van der Waals surface area contributed by atoms with E-state index in [4.69, 9.17) is 10.5 Å². The van der Waals surface area contributed by atoms with Crippen LogP contribution in [0.1, 0.15) is 51.4 Å².